The topological polar surface area (TPSA) is 37.4 Å². The Morgan fingerprint density at radius 2 is 1.94 bits per heavy atom. The number of carbonyl (C=O) groups excluding carboxylic acids is 2. The first-order valence-corrected chi connectivity index (χ1v) is 5.81. The second kappa shape index (κ2) is 4.53. The summed E-state index contributed by atoms with van der Waals surface area (Å²) < 4.78 is 0. The molecule has 1 aromatic rings. The van der Waals surface area contributed by atoms with Crippen LogP contribution in [0.25, 0.3) is 0 Å². The Morgan fingerprint density at radius 3 is 2.65 bits per heavy atom. The van der Waals surface area contributed by atoms with E-state index in [4.69, 9.17) is 0 Å². The van der Waals surface area contributed by atoms with Gasteiger partial charge in [-0.15, -0.1) is 0 Å². The van der Waals surface area contributed by atoms with Gasteiger partial charge >= 0.3 is 0 Å². The fourth-order valence-electron chi connectivity index (χ4n) is 1.97. The lowest BCUT2D eigenvalue weighted by Crippen LogP contribution is -2.39. The van der Waals surface area contributed by atoms with Crippen molar-refractivity contribution in [1.82, 2.24) is 0 Å². The minimum Gasteiger partial charge on any atom is -0.308 e. The molecule has 0 atom stereocenters. The minimum absolute atomic E-state index is 0.0693. The Bertz CT molecular complexity index is 491. The van der Waals surface area contributed by atoms with Crippen LogP contribution in [-0.2, 0) is 4.79 Å². The Labute approximate surface area is 101 Å². The summed E-state index contributed by atoms with van der Waals surface area (Å²) in [6.45, 7) is 6.30. The number of rotatable bonds is 3. The van der Waals surface area contributed by atoms with Crippen LogP contribution in [-0.4, -0.2) is 18.2 Å². The molecule has 1 aliphatic heterocycles. The lowest BCUT2D eigenvalue weighted by atomic mass is 9.96. The number of unbranched alkanes of at least 4 members (excludes halogenated alkanes) is 1. The van der Waals surface area contributed by atoms with Crippen LogP contribution in [0.1, 0.15) is 30.1 Å². The zero-order valence-electron chi connectivity index (χ0n) is 9.90. The zero-order chi connectivity index (χ0) is 12.4. The molecule has 17 heavy (non-hydrogen) atoms. The highest BCUT2D eigenvalue weighted by molar-refractivity contribution is 6.34. The Hall–Kier alpha value is -1.90. The summed E-state index contributed by atoms with van der Waals surface area (Å²) in [5.74, 6) is -0.513. The number of hydrogen-bond acceptors (Lipinski definition) is 2. The summed E-state index contributed by atoms with van der Waals surface area (Å²) in [7, 11) is 0. The number of para-hydroxylation sites is 1. The standard InChI is InChI=1S/C14H15NO2/c1-3-4-9-15-12-8-6-5-7-11(12)13(16)10(2)14(15)17/h5-8H,2-4,9H2,1H3. The molecule has 0 fully saturated rings. The van der Waals surface area contributed by atoms with Crippen LogP contribution >= 0.6 is 0 Å². The lowest BCUT2D eigenvalue weighted by Gasteiger charge is -2.29. The monoisotopic (exact) mass is 229 g/mol. The molecule has 1 aliphatic rings. The second-order valence-electron chi connectivity index (χ2n) is 4.14. The first-order chi connectivity index (χ1) is 8.16. The van der Waals surface area contributed by atoms with Crippen molar-refractivity contribution < 1.29 is 9.59 Å². The predicted octanol–water partition coefficient (Wildman–Crippen LogP) is 2.57. The van der Waals surface area contributed by atoms with Gasteiger partial charge in [-0.25, -0.2) is 0 Å². The molecule has 2 rings (SSSR count). The van der Waals surface area contributed by atoms with Gasteiger partial charge in [-0.2, -0.15) is 0 Å². The van der Waals surface area contributed by atoms with E-state index in [-0.39, 0.29) is 17.3 Å². The van der Waals surface area contributed by atoms with E-state index in [1.54, 1.807) is 17.0 Å². The van der Waals surface area contributed by atoms with E-state index >= 15 is 0 Å². The van der Waals surface area contributed by atoms with Crippen molar-refractivity contribution in [2.45, 2.75) is 19.8 Å². The molecular formula is C14H15NO2. The molecule has 0 unspecified atom stereocenters. The van der Waals surface area contributed by atoms with E-state index in [0.29, 0.717) is 17.8 Å². The summed E-state index contributed by atoms with van der Waals surface area (Å²) in [6.07, 6.45) is 1.92. The van der Waals surface area contributed by atoms with Gasteiger partial charge in [0.15, 0.2) is 5.78 Å². The smallest absolute Gasteiger partial charge is 0.261 e. The number of nitrogens with zero attached hydrogens (tertiary/aromatic N) is 1. The van der Waals surface area contributed by atoms with Crippen molar-refractivity contribution in [1.29, 1.82) is 0 Å². The first-order valence-electron chi connectivity index (χ1n) is 5.81. The van der Waals surface area contributed by atoms with Crippen molar-refractivity contribution >= 4 is 17.4 Å². The van der Waals surface area contributed by atoms with E-state index in [0.717, 1.165) is 12.8 Å². The minimum atomic E-state index is -0.262. The van der Waals surface area contributed by atoms with E-state index in [1.165, 1.54) is 0 Å². The largest absolute Gasteiger partial charge is 0.308 e. The van der Waals surface area contributed by atoms with Gasteiger partial charge < -0.3 is 4.90 Å². The number of hydrogen-bond donors (Lipinski definition) is 0. The van der Waals surface area contributed by atoms with Crippen LogP contribution < -0.4 is 4.90 Å². The van der Waals surface area contributed by atoms with Crippen molar-refractivity contribution in [3.8, 4) is 0 Å². The van der Waals surface area contributed by atoms with Gasteiger partial charge in [0, 0.05) is 12.1 Å². The van der Waals surface area contributed by atoms with Gasteiger partial charge in [-0.05, 0) is 18.6 Å². The summed E-state index contributed by atoms with van der Waals surface area (Å²) >= 11 is 0. The maximum atomic E-state index is 12.0. The summed E-state index contributed by atoms with van der Waals surface area (Å²) in [4.78, 5) is 25.6. The van der Waals surface area contributed by atoms with Crippen molar-refractivity contribution in [2.24, 2.45) is 0 Å². The third-order valence-corrected chi connectivity index (χ3v) is 2.95. The molecular weight excluding hydrogens is 214 g/mol. The van der Waals surface area contributed by atoms with Crippen LogP contribution in [0.4, 0.5) is 5.69 Å². The third kappa shape index (κ3) is 1.88. The molecule has 88 valence electrons. The van der Waals surface area contributed by atoms with E-state index in [2.05, 4.69) is 13.5 Å². The van der Waals surface area contributed by atoms with Crippen LogP contribution in [0.5, 0.6) is 0 Å². The molecule has 1 amide bonds. The molecule has 0 N–H and O–H groups in total. The van der Waals surface area contributed by atoms with E-state index in [1.807, 2.05) is 12.1 Å². The molecule has 0 bridgehead atoms. The number of Topliss-reactive ketones (excluding diaryl/α,β-unsaturated/α-hetero) is 1. The average Bonchev–Trinajstić information content (AvgIpc) is 2.36. The number of ketones is 1. The summed E-state index contributed by atoms with van der Waals surface area (Å²) in [5, 5.41) is 0. The Balaban J connectivity index is 2.45. The third-order valence-electron chi connectivity index (χ3n) is 2.95. The molecule has 1 aromatic carbocycles. The van der Waals surface area contributed by atoms with Gasteiger partial charge in [0.1, 0.15) is 0 Å². The van der Waals surface area contributed by atoms with Gasteiger partial charge in [0.2, 0.25) is 0 Å². The Kier molecular flexibility index (Phi) is 3.09. The van der Waals surface area contributed by atoms with Crippen molar-refractivity contribution in [2.75, 3.05) is 11.4 Å². The zero-order valence-corrected chi connectivity index (χ0v) is 9.90. The number of carbonyl (C=O) groups is 2. The fourth-order valence-corrected chi connectivity index (χ4v) is 1.97. The highest BCUT2D eigenvalue weighted by atomic mass is 16.2. The number of anilines is 1. The van der Waals surface area contributed by atoms with Crippen LogP contribution in [0.3, 0.4) is 0 Å². The van der Waals surface area contributed by atoms with E-state index in [9.17, 15) is 9.59 Å². The van der Waals surface area contributed by atoms with Gasteiger partial charge in [0.25, 0.3) is 5.91 Å². The van der Waals surface area contributed by atoms with Gasteiger partial charge in [-0.1, -0.05) is 32.1 Å². The highest BCUT2D eigenvalue weighted by Gasteiger charge is 2.32. The fraction of sp³-hybridized carbons (Fsp3) is 0.286. The summed E-state index contributed by atoms with van der Waals surface area (Å²) in [6, 6.07) is 7.20. The molecule has 0 saturated heterocycles. The van der Waals surface area contributed by atoms with Crippen molar-refractivity contribution in [3.05, 3.63) is 42.0 Å². The maximum Gasteiger partial charge on any atom is 0.261 e. The molecule has 0 radical (unpaired) electrons. The summed E-state index contributed by atoms with van der Waals surface area (Å²) in [5.41, 5.74) is 1.36. The molecule has 1 heterocycles. The molecule has 0 saturated carbocycles. The molecule has 0 spiro atoms. The van der Waals surface area contributed by atoms with Crippen LogP contribution in [0.15, 0.2) is 36.4 Å². The van der Waals surface area contributed by atoms with Crippen LogP contribution in [0, 0.1) is 0 Å². The normalized spacial score (nSPS) is 15.1. The number of benzene rings is 1. The highest BCUT2D eigenvalue weighted by Crippen LogP contribution is 2.29. The maximum absolute atomic E-state index is 12.0. The molecule has 3 nitrogen and oxygen atoms in total. The van der Waals surface area contributed by atoms with Gasteiger partial charge in [0.05, 0.1) is 11.3 Å². The van der Waals surface area contributed by atoms with Crippen molar-refractivity contribution in [3.63, 3.8) is 0 Å². The van der Waals surface area contributed by atoms with Crippen LogP contribution in [0.2, 0.25) is 0 Å². The molecule has 0 aliphatic carbocycles. The average molecular weight is 229 g/mol. The van der Waals surface area contributed by atoms with E-state index < -0.39 is 0 Å². The predicted molar refractivity (Wildman–Crippen MR) is 67.2 cm³/mol. The van der Waals surface area contributed by atoms with Gasteiger partial charge in [-0.3, -0.25) is 9.59 Å². The first kappa shape index (κ1) is 11.6. The second-order valence-corrected chi connectivity index (χ2v) is 4.14. The lowest BCUT2D eigenvalue weighted by molar-refractivity contribution is -0.114. The SMILES string of the molecule is C=C1C(=O)c2ccccc2N(CCCC)C1=O. The number of amides is 1. The number of fused-ring (bicyclic) bond motifs is 1. The Morgan fingerprint density at radius 1 is 1.24 bits per heavy atom. The quantitative estimate of drug-likeness (QED) is 0.590. The molecule has 0 aromatic heterocycles. The molecule has 3 heteroatoms.